The maximum absolute atomic E-state index is 12.6. The number of nitrogens with one attached hydrogen (secondary N) is 2. The molecule has 0 amide bonds. The highest BCUT2D eigenvalue weighted by molar-refractivity contribution is 14.0. The smallest absolute Gasteiger partial charge is 0.357 e. The Bertz CT molecular complexity index is 650. The lowest BCUT2D eigenvalue weighted by Crippen LogP contribution is -2.45. The molecule has 1 aliphatic rings. The number of aliphatic imine (C=N–C) groups is 1. The van der Waals surface area contributed by atoms with Crippen molar-refractivity contribution < 1.29 is 13.2 Å². The van der Waals surface area contributed by atoms with Crippen LogP contribution in [0.15, 0.2) is 29.3 Å². The summed E-state index contributed by atoms with van der Waals surface area (Å²) in [6.45, 7) is 10.4. The zero-order chi connectivity index (χ0) is 21.3. The average molecular weight is 541 g/mol. The summed E-state index contributed by atoms with van der Waals surface area (Å²) in [6, 6.07) is 8.38. The van der Waals surface area contributed by atoms with Crippen LogP contribution in [0.1, 0.15) is 38.3 Å². The monoisotopic (exact) mass is 541 g/mol. The Balaban J connectivity index is 0.00000450. The van der Waals surface area contributed by atoms with Crippen LogP contribution in [0.2, 0.25) is 0 Å². The SMILES string of the molecule is CCNC(=NCc1cccc(CN(CC)CC)c1)NC1CCN(CC(F)(F)F)C1.I. The van der Waals surface area contributed by atoms with E-state index < -0.39 is 12.7 Å². The summed E-state index contributed by atoms with van der Waals surface area (Å²) in [5, 5.41) is 6.49. The van der Waals surface area contributed by atoms with Crippen molar-refractivity contribution in [2.45, 2.75) is 52.5 Å². The first-order valence-electron chi connectivity index (χ1n) is 10.5. The van der Waals surface area contributed by atoms with Crippen molar-refractivity contribution >= 4 is 29.9 Å². The van der Waals surface area contributed by atoms with Gasteiger partial charge in [0.15, 0.2) is 5.96 Å². The third kappa shape index (κ3) is 9.82. The van der Waals surface area contributed by atoms with E-state index in [2.05, 4.69) is 58.6 Å². The molecule has 2 N–H and O–H groups in total. The molecule has 1 atom stereocenters. The molecule has 0 radical (unpaired) electrons. The predicted molar refractivity (Wildman–Crippen MR) is 127 cm³/mol. The molecule has 1 heterocycles. The summed E-state index contributed by atoms with van der Waals surface area (Å²) in [6.07, 6.45) is -3.47. The van der Waals surface area contributed by atoms with Gasteiger partial charge in [-0.3, -0.25) is 9.80 Å². The second kappa shape index (κ2) is 13.4. The highest BCUT2D eigenvalue weighted by Crippen LogP contribution is 2.20. The first kappa shape index (κ1) is 27.0. The van der Waals surface area contributed by atoms with Crippen LogP contribution < -0.4 is 10.6 Å². The van der Waals surface area contributed by atoms with Gasteiger partial charge in [0.05, 0.1) is 13.1 Å². The standard InChI is InChI=1S/C21H34F3N5.HI/c1-4-25-20(27-19-10-11-29(15-19)16-21(22,23)24)26-13-17-8-7-9-18(12-17)14-28(5-2)6-3;/h7-9,12,19H,4-6,10-11,13-16H2,1-3H3,(H2,25,26,27);1H. The quantitative estimate of drug-likeness (QED) is 0.284. The Morgan fingerprint density at radius 3 is 2.53 bits per heavy atom. The second-order valence-electron chi connectivity index (χ2n) is 7.46. The van der Waals surface area contributed by atoms with E-state index in [0.717, 1.165) is 25.2 Å². The van der Waals surface area contributed by atoms with Crippen LogP contribution in [0.25, 0.3) is 0 Å². The van der Waals surface area contributed by atoms with Crippen molar-refractivity contribution in [3.63, 3.8) is 0 Å². The molecule has 1 fully saturated rings. The minimum absolute atomic E-state index is 0. The molecule has 30 heavy (non-hydrogen) atoms. The lowest BCUT2D eigenvalue weighted by molar-refractivity contribution is -0.143. The highest BCUT2D eigenvalue weighted by atomic mass is 127. The summed E-state index contributed by atoms with van der Waals surface area (Å²) in [5.74, 6) is 0.653. The van der Waals surface area contributed by atoms with Crippen LogP contribution in [0.5, 0.6) is 0 Å². The molecule has 172 valence electrons. The van der Waals surface area contributed by atoms with Gasteiger partial charge in [-0.2, -0.15) is 13.2 Å². The van der Waals surface area contributed by atoms with Gasteiger partial charge in [0, 0.05) is 32.2 Å². The maximum atomic E-state index is 12.6. The van der Waals surface area contributed by atoms with Crippen LogP contribution in [0.4, 0.5) is 13.2 Å². The summed E-state index contributed by atoms with van der Waals surface area (Å²) < 4.78 is 37.7. The molecule has 1 aromatic carbocycles. The molecule has 9 heteroatoms. The Labute approximate surface area is 195 Å². The van der Waals surface area contributed by atoms with Crippen molar-refractivity contribution in [3.8, 4) is 0 Å². The predicted octanol–water partition coefficient (Wildman–Crippen LogP) is 3.84. The molecule has 1 saturated heterocycles. The fourth-order valence-corrected chi connectivity index (χ4v) is 3.56. The van der Waals surface area contributed by atoms with Crippen LogP contribution in [-0.2, 0) is 13.1 Å². The van der Waals surface area contributed by atoms with E-state index in [9.17, 15) is 13.2 Å². The van der Waals surface area contributed by atoms with Crippen LogP contribution in [0, 0.1) is 0 Å². The number of rotatable bonds is 9. The molecule has 1 aromatic rings. The molecular formula is C21H35F3IN5. The lowest BCUT2D eigenvalue weighted by atomic mass is 10.1. The zero-order valence-corrected chi connectivity index (χ0v) is 20.5. The van der Waals surface area contributed by atoms with E-state index in [0.29, 0.717) is 38.6 Å². The van der Waals surface area contributed by atoms with Gasteiger partial charge in [0.2, 0.25) is 0 Å². The van der Waals surface area contributed by atoms with Gasteiger partial charge in [0.25, 0.3) is 0 Å². The van der Waals surface area contributed by atoms with Crippen molar-refractivity contribution in [1.29, 1.82) is 0 Å². The second-order valence-corrected chi connectivity index (χ2v) is 7.46. The number of alkyl halides is 3. The van der Waals surface area contributed by atoms with E-state index in [1.165, 1.54) is 10.5 Å². The molecule has 0 aliphatic carbocycles. The van der Waals surface area contributed by atoms with E-state index in [4.69, 9.17) is 0 Å². The minimum atomic E-state index is -4.15. The number of hydrogen-bond donors (Lipinski definition) is 2. The number of likely N-dealkylation sites (tertiary alicyclic amines) is 1. The highest BCUT2D eigenvalue weighted by Gasteiger charge is 2.34. The molecule has 2 rings (SSSR count). The van der Waals surface area contributed by atoms with E-state index in [-0.39, 0.29) is 30.0 Å². The zero-order valence-electron chi connectivity index (χ0n) is 18.1. The van der Waals surface area contributed by atoms with Crippen molar-refractivity contribution in [2.75, 3.05) is 39.3 Å². The average Bonchev–Trinajstić information content (AvgIpc) is 3.09. The van der Waals surface area contributed by atoms with Crippen molar-refractivity contribution in [1.82, 2.24) is 20.4 Å². The molecule has 1 aliphatic heterocycles. The molecule has 0 saturated carbocycles. The molecular weight excluding hydrogens is 506 g/mol. The van der Waals surface area contributed by atoms with Gasteiger partial charge < -0.3 is 10.6 Å². The summed E-state index contributed by atoms with van der Waals surface area (Å²) in [7, 11) is 0. The number of hydrogen-bond acceptors (Lipinski definition) is 3. The summed E-state index contributed by atoms with van der Waals surface area (Å²) >= 11 is 0. The van der Waals surface area contributed by atoms with E-state index >= 15 is 0 Å². The van der Waals surface area contributed by atoms with Gasteiger partial charge in [-0.1, -0.05) is 38.1 Å². The number of halogens is 4. The topological polar surface area (TPSA) is 42.9 Å². The Morgan fingerprint density at radius 2 is 1.90 bits per heavy atom. The summed E-state index contributed by atoms with van der Waals surface area (Å²) in [5.41, 5.74) is 2.38. The largest absolute Gasteiger partial charge is 0.401 e. The third-order valence-corrected chi connectivity index (χ3v) is 5.07. The molecule has 0 bridgehead atoms. The van der Waals surface area contributed by atoms with E-state index in [1.54, 1.807) is 0 Å². The van der Waals surface area contributed by atoms with Gasteiger partial charge in [-0.05, 0) is 37.6 Å². The van der Waals surface area contributed by atoms with Crippen molar-refractivity contribution in [3.05, 3.63) is 35.4 Å². The van der Waals surface area contributed by atoms with Crippen LogP contribution >= 0.6 is 24.0 Å². The number of nitrogens with zero attached hydrogens (tertiary/aromatic N) is 3. The van der Waals surface area contributed by atoms with Gasteiger partial charge in [0.1, 0.15) is 0 Å². The summed E-state index contributed by atoms with van der Waals surface area (Å²) in [4.78, 5) is 8.45. The number of guanidine groups is 1. The first-order valence-corrected chi connectivity index (χ1v) is 10.5. The molecule has 1 unspecified atom stereocenters. The fraction of sp³-hybridized carbons (Fsp3) is 0.667. The fourth-order valence-electron chi connectivity index (χ4n) is 3.56. The van der Waals surface area contributed by atoms with Gasteiger partial charge >= 0.3 is 6.18 Å². The van der Waals surface area contributed by atoms with Gasteiger partial charge in [-0.15, -0.1) is 24.0 Å². The molecule has 0 spiro atoms. The van der Waals surface area contributed by atoms with Crippen LogP contribution in [-0.4, -0.2) is 67.2 Å². The number of benzene rings is 1. The Hall–Kier alpha value is -1.07. The molecule has 0 aromatic heterocycles. The lowest BCUT2D eigenvalue weighted by Gasteiger charge is -2.20. The van der Waals surface area contributed by atoms with Crippen molar-refractivity contribution in [2.24, 2.45) is 4.99 Å². The normalized spacial score (nSPS) is 17.8. The Kier molecular flexibility index (Phi) is 12.0. The van der Waals surface area contributed by atoms with Gasteiger partial charge in [-0.25, -0.2) is 4.99 Å². The van der Waals surface area contributed by atoms with Crippen LogP contribution in [0.3, 0.4) is 0 Å². The third-order valence-electron chi connectivity index (χ3n) is 5.07. The maximum Gasteiger partial charge on any atom is 0.401 e. The molecule has 5 nitrogen and oxygen atoms in total. The minimum Gasteiger partial charge on any atom is -0.357 e. The Morgan fingerprint density at radius 1 is 1.20 bits per heavy atom. The first-order chi connectivity index (χ1) is 13.8. The van der Waals surface area contributed by atoms with E-state index in [1.807, 2.05) is 6.92 Å².